The summed E-state index contributed by atoms with van der Waals surface area (Å²) in [5, 5.41) is 0. The van der Waals surface area contributed by atoms with Crippen LogP contribution in [0.5, 0.6) is 0 Å². The summed E-state index contributed by atoms with van der Waals surface area (Å²) in [5.74, 6) is 0.410. The molecule has 0 aliphatic heterocycles. The number of Topliss-reactive ketones (excluding diaryl/α,β-unsaturated/α-hetero) is 3. The van der Waals surface area contributed by atoms with Gasteiger partial charge in [0.25, 0.3) is 0 Å². The molecule has 5 heteroatoms. The molecule has 140 valence electrons. The van der Waals surface area contributed by atoms with E-state index < -0.39 is 0 Å². The normalized spacial score (nSPS) is 12.2. The molecule has 4 N–H and O–H groups in total. The van der Waals surface area contributed by atoms with E-state index in [2.05, 4.69) is 0 Å². The molecule has 0 heterocycles. The van der Waals surface area contributed by atoms with Crippen molar-refractivity contribution in [1.82, 2.24) is 0 Å². The van der Waals surface area contributed by atoms with Gasteiger partial charge >= 0.3 is 0 Å². The second-order valence-corrected chi connectivity index (χ2v) is 7.98. The zero-order valence-electron chi connectivity index (χ0n) is 16.0. The minimum absolute atomic E-state index is 0.0727. The summed E-state index contributed by atoms with van der Waals surface area (Å²) in [5.41, 5.74) is 10.0. The molecule has 0 saturated carbocycles. The molecule has 0 amide bonds. The third-order valence-corrected chi connectivity index (χ3v) is 4.90. The molecule has 24 heavy (non-hydrogen) atoms. The van der Waals surface area contributed by atoms with Crippen molar-refractivity contribution in [2.75, 3.05) is 13.1 Å². The van der Waals surface area contributed by atoms with E-state index in [0.717, 1.165) is 38.5 Å². The molecule has 5 nitrogen and oxygen atoms in total. The third-order valence-electron chi connectivity index (χ3n) is 4.90. The van der Waals surface area contributed by atoms with Gasteiger partial charge in [-0.15, -0.1) is 0 Å². The van der Waals surface area contributed by atoms with Gasteiger partial charge in [0.05, 0.1) is 13.1 Å². The first-order valence-corrected chi connectivity index (χ1v) is 9.05. The Hall–Kier alpha value is -1.07. The lowest BCUT2D eigenvalue weighted by Gasteiger charge is -2.22. The third kappa shape index (κ3) is 8.69. The predicted octanol–water partition coefficient (Wildman–Crippen LogP) is 2.78. The van der Waals surface area contributed by atoms with Gasteiger partial charge in [0.15, 0.2) is 11.6 Å². The Morgan fingerprint density at radius 2 is 1.00 bits per heavy atom. The molecule has 0 fully saturated rings. The van der Waals surface area contributed by atoms with Crippen LogP contribution in [0.1, 0.15) is 79.1 Å². The molecule has 0 atom stereocenters. The first-order chi connectivity index (χ1) is 11.1. The minimum Gasteiger partial charge on any atom is -0.324 e. The van der Waals surface area contributed by atoms with Crippen LogP contribution in [0.4, 0.5) is 0 Å². The second-order valence-electron chi connectivity index (χ2n) is 7.98. The van der Waals surface area contributed by atoms with Gasteiger partial charge in [-0.3, -0.25) is 14.4 Å². The van der Waals surface area contributed by atoms with Gasteiger partial charge < -0.3 is 11.5 Å². The number of hydrogen-bond donors (Lipinski definition) is 2. The minimum atomic E-state index is -0.390. The van der Waals surface area contributed by atoms with Crippen LogP contribution in [0.3, 0.4) is 0 Å². The molecule has 0 bridgehead atoms. The maximum Gasteiger partial charge on any atom is 0.151 e. The van der Waals surface area contributed by atoms with Crippen molar-refractivity contribution in [2.45, 2.75) is 79.1 Å². The molecular weight excluding hydrogens is 304 g/mol. The van der Waals surface area contributed by atoms with Crippen LogP contribution in [-0.2, 0) is 14.4 Å². The van der Waals surface area contributed by atoms with Crippen molar-refractivity contribution in [1.29, 1.82) is 0 Å². The number of ketones is 3. The summed E-state index contributed by atoms with van der Waals surface area (Å²) in [4.78, 5) is 35.2. The summed E-state index contributed by atoms with van der Waals surface area (Å²) < 4.78 is 0. The van der Waals surface area contributed by atoms with E-state index in [1.165, 1.54) is 0 Å². The average molecular weight is 341 g/mol. The van der Waals surface area contributed by atoms with E-state index in [-0.39, 0.29) is 41.3 Å². The molecule has 0 aliphatic carbocycles. The molecule has 0 radical (unpaired) electrons. The molecule has 0 aliphatic rings. The van der Waals surface area contributed by atoms with Crippen molar-refractivity contribution in [3.05, 3.63) is 0 Å². The van der Waals surface area contributed by atoms with Crippen molar-refractivity contribution in [3.8, 4) is 0 Å². The van der Waals surface area contributed by atoms with Gasteiger partial charge in [-0.05, 0) is 25.7 Å². The molecular formula is C19H36N2O3. The highest BCUT2D eigenvalue weighted by atomic mass is 16.1. The van der Waals surface area contributed by atoms with Crippen LogP contribution >= 0.6 is 0 Å². The van der Waals surface area contributed by atoms with E-state index in [0.29, 0.717) is 12.8 Å². The Labute approximate surface area is 146 Å². The zero-order chi connectivity index (χ0) is 18.8. The first-order valence-electron chi connectivity index (χ1n) is 9.05. The number of unbranched alkanes of at least 4 members (excludes halogenated alkanes) is 2. The number of carbonyl (C=O) groups is 3. The fourth-order valence-corrected chi connectivity index (χ4v) is 2.73. The molecule has 0 unspecified atom stereocenters. The summed E-state index contributed by atoms with van der Waals surface area (Å²) in [7, 11) is 0. The molecule has 0 rings (SSSR count). The SMILES string of the molecule is CC(C)(CCCCC(=O)CCCCC(C)(C)C(=O)CN)C(=O)CN. The fourth-order valence-electron chi connectivity index (χ4n) is 2.73. The fraction of sp³-hybridized carbons (Fsp3) is 0.842. The Bertz CT molecular complexity index is 390. The lowest BCUT2D eigenvalue weighted by molar-refractivity contribution is -0.126. The maximum absolute atomic E-state index is 11.9. The van der Waals surface area contributed by atoms with Crippen LogP contribution < -0.4 is 11.5 Å². The first kappa shape index (κ1) is 22.9. The summed E-state index contributed by atoms with van der Waals surface area (Å²) in [6, 6.07) is 0. The highest BCUT2D eigenvalue weighted by Gasteiger charge is 2.26. The highest BCUT2D eigenvalue weighted by molar-refractivity contribution is 5.86. The largest absolute Gasteiger partial charge is 0.324 e. The van der Waals surface area contributed by atoms with Crippen LogP contribution in [0.15, 0.2) is 0 Å². The molecule has 0 spiro atoms. The zero-order valence-corrected chi connectivity index (χ0v) is 16.0. The summed E-state index contributed by atoms with van der Waals surface area (Å²) in [6.45, 7) is 7.80. The highest BCUT2D eigenvalue weighted by Crippen LogP contribution is 2.26. The van der Waals surface area contributed by atoms with Crippen molar-refractivity contribution >= 4 is 17.3 Å². The monoisotopic (exact) mass is 340 g/mol. The lowest BCUT2D eigenvalue weighted by Crippen LogP contribution is -2.30. The lowest BCUT2D eigenvalue weighted by atomic mass is 9.82. The van der Waals surface area contributed by atoms with Crippen molar-refractivity contribution < 1.29 is 14.4 Å². The van der Waals surface area contributed by atoms with Gasteiger partial charge in [0, 0.05) is 23.7 Å². The molecule has 0 aromatic carbocycles. The standard InChI is InChI=1S/C19H36N2O3/c1-18(2,16(23)13-20)11-7-5-9-15(22)10-6-8-12-19(3,4)17(24)14-21/h5-14,20-21H2,1-4H3. The maximum atomic E-state index is 11.9. The van der Waals surface area contributed by atoms with Crippen LogP contribution in [0, 0.1) is 10.8 Å². The average Bonchev–Trinajstić information content (AvgIpc) is 2.53. The van der Waals surface area contributed by atoms with Crippen molar-refractivity contribution in [2.24, 2.45) is 22.3 Å². The van der Waals surface area contributed by atoms with E-state index >= 15 is 0 Å². The number of rotatable bonds is 14. The van der Waals surface area contributed by atoms with E-state index in [9.17, 15) is 14.4 Å². The Morgan fingerprint density at radius 1 is 0.667 bits per heavy atom. The van der Waals surface area contributed by atoms with Gasteiger partial charge in [0.2, 0.25) is 0 Å². The van der Waals surface area contributed by atoms with Crippen LogP contribution in [-0.4, -0.2) is 30.4 Å². The van der Waals surface area contributed by atoms with Gasteiger partial charge in [0.1, 0.15) is 5.78 Å². The van der Waals surface area contributed by atoms with E-state index in [4.69, 9.17) is 11.5 Å². The van der Waals surface area contributed by atoms with Gasteiger partial charge in [-0.25, -0.2) is 0 Å². The summed E-state index contributed by atoms with van der Waals surface area (Å²) in [6.07, 6.45) is 6.03. The Morgan fingerprint density at radius 3 is 1.29 bits per heavy atom. The van der Waals surface area contributed by atoms with Crippen LogP contribution in [0.25, 0.3) is 0 Å². The molecule has 0 aromatic rings. The molecule has 0 aromatic heterocycles. The number of nitrogens with two attached hydrogens (primary N) is 2. The second kappa shape index (κ2) is 10.7. The van der Waals surface area contributed by atoms with Gasteiger partial charge in [-0.2, -0.15) is 0 Å². The number of hydrogen-bond acceptors (Lipinski definition) is 5. The van der Waals surface area contributed by atoms with E-state index in [1.807, 2.05) is 27.7 Å². The van der Waals surface area contributed by atoms with Crippen molar-refractivity contribution in [3.63, 3.8) is 0 Å². The van der Waals surface area contributed by atoms with Crippen LogP contribution in [0.2, 0.25) is 0 Å². The Kier molecular flexibility index (Phi) is 10.2. The Balaban J connectivity index is 3.86. The molecule has 0 saturated heterocycles. The van der Waals surface area contributed by atoms with Gasteiger partial charge in [-0.1, -0.05) is 40.5 Å². The van der Waals surface area contributed by atoms with E-state index in [1.54, 1.807) is 0 Å². The predicted molar refractivity (Wildman–Crippen MR) is 97.6 cm³/mol. The smallest absolute Gasteiger partial charge is 0.151 e. The topological polar surface area (TPSA) is 103 Å². The summed E-state index contributed by atoms with van der Waals surface area (Å²) >= 11 is 0. The quantitative estimate of drug-likeness (QED) is 0.473. The number of carbonyl (C=O) groups excluding carboxylic acids is 3.